The first-order valence-corrected chi connectivity index (χ1v) is 6.36. The van der Waals surface area contributed by atoms with Crippen LogP contribution in [0.2, 0.25) is 0 Å². The summed E-state index contributed by atoms with van der Waals surface area (Å²) in [7, 11) is 0. The predicted molar refractivity (Wildman–Crippen MR) is 67.0 cm³/mol. The maximum absolute atomic E-state index is 12.1. The van der Waals surface area contributed by atoms with E-state index in [1.807, 2.05) is 0 Å². The van der Waals surface area contributed by atoms with Gasteiger partial charge >= 0.3 is 6.36 Å². The van der Waals surface area contributed by atoms with Crippen molar-refractivity contribution in [2.75, 3.05) is 13.1 Å². The maximum atomic E-state index is 12.1. The van der Waals surface area contributed by atoms with E-state index in [0.717, 1.165) is 25.1 Å². The molecule has 5 heteroatoms. The number of benzene rings is 1. The van der Waals surface area contributed by atoms with Gasteiger partial charge in [0.05, 0.1) is 0 Å². The smallest absolute Gasteiger partial charge is 0.406 e. The van der Waals surface area contributed by atoms with E-state index in [0.29, 0.717) is 5.92 Å². The highest BCUT2D eigenvalue weighted by atomic mass is 19.4. The Balaban J connectivity index is 2.03. The van der Waals surface area contributed by atoms with E-state index in [1.54, 1.807) is 12.1 Å². The molecule has 1 saturated heterocycles. The summed E-state index contributed by atoms with van der Waals surface area (Å²) in [6, 6.07) is 6.18. The highest BCUT2D eigenvalue weighted by Crippen LogP contribution is 2.36. The minimum Gasteiger partial charge on any atom is -0.406 e. The molecular formula is C14H18F3NO. The lowest BCUT2D eigenvalue weighted by Crippen LogP contribution is -2.57. The standard InChI is InChI=1S/C14H18F3NO/c1-10(2)13(8-18-9-13)7-11-3-5-12(6-4-11)19-14(15,16)17/h3-6,10,18H,7-9H2,1-2H3. The lowest BCUT2D eigenvalue weighted by molar-refractivity contribution is -0.274. The van der Waals surface area contributed by atoms with Crippen LogP contribution in [-0.2, 0) is 6.42 Å². The fraction of sp³-hybridized carbons (Fsp3) is 0.571. The maximum Gasteiger partial charge on any atom is 0.573 e. The fourth-order valence-electron chi connectivity index (χ4n) is 2.40. The lowest BCUT2D eigenvalue weighted by atomic mass is 9.68. The van der Waals surface area contributed by atoms with Gasteiger partial charge in [0, 0.05) is 18.5 Å². The van der Waals surface area contributed by atoms with E-state index >= 15 is 0 Å². The molecule has 0 spiro atoms. The summed E-state index contributed by atoms with van der Waals surface area (Å²) in [6.45, 7) is 6.29. The van der Waals surface area contributed by atoms with Gasteiger partial charge in [-0.15, -0.1) is 13.2 Å². The van der Waals surface area contributed by atoms with E-state index in [4.69, 9.17) is 0 Å². The van der Waals surface area contributed by atoms with Crippen molar-refractivity contribution in [1.29, 1.82) is 0 Å². The van der Waals surface area contributed by atoms with E-state index in [1.165, 1.54) is 12.1 Å². The van der Waals surface area contributed by atoms with Gasteiger partial charge in [0.2, 0.25) is 0 Å². The SMILES string of the molecule is CC(C)C1(Cc2ccc(OC(F)(F)F)cc2)CNC1. The molecule has 0 saturated carbocycles. The first-order valence-electron chi connectivity index (χ1n) is 6.36. The van der Waals surface area contributed by atoms with Crippen LogP contribution in [0.1, 0.15) is 19.4 Å². The van der Waals surface area contributed by atoms with Gasteiger partial charge in [-0.25, -0.2) is 0 Å². The zero-order valence-corrected chi connectivity index (χ0v) is 11.1. The molecule has 2 nitrogen and oxygen atoms in total. The Hall–Kier alpha value is -1.23. The van der Waals surface area contributed by atoms with Gasteiger partial charge in [0.25, 0.3) is 0 Å². The molecule has 1 aliphatic heterocycles. The molecule has 2 rings (SSSR count). The van der Waals surface area contributed by atoms with E-state index < -0.39 is 6.36 Å². The van der Waals surface area contributed by atoms with Crippen molar-refractivity contribution < 1.29 is 17.9 Å². The number of rotatable bonds is 4. The highest BCUT2D eigenvalue weighted by Gasteiger charge is 2.39. The Bertz CT molecular complexity index is 421. The molecule has 1 aromatic rings. The molecule has 0 aliphatic carbocycles. The second-order valence-electron chi connectivity index (χ2n) is 5.49. The van der Waals surface area contributed by atoms with Crippen LogP contribution in [0.25, 0.3) is 0 Å². The normalized spacial score (nSPS) is 18.2. The minimum absolute atomic E-state index is 0.165. The van der Waals surface area contributed by atoms with Crippen molar-refractivity contribution in [2.45, 2.75) is 26.6 Å². The topological polar surface area (TPSA) is 21.3 Å². The molecule has 0 radical (unpaired) electrons. The predicted octanol–water partition coefficient (Wildman–Crippen LogP) is 3.37. The van der Waals surface area contributed by atoms with Crippen LogP contribution in [-0.4, -0.2) is 19.5 Å². The number of alkyl halides is 3. The van der Waals surface area contributed by atoms with Crippen molar-refractivity contribution in [3.63, 3.8) is 0 Å². The van der Waals surface area contributed by atoms with Crippen molar-refractivity contribution in [3.05, 3.63) is 29.8 Å². The number of hydrogen-bond donors (Lipinski definition) is 1. The molecule has 1 N–H and O–H groups in total. The number of ether oxygens (including phenoxy) is 1. The van der Waals surface area contributed by atoms with Crippen LogP contribution in [0.4, 0.5) is 13.2 Å². The van der Waals surface area contributed by atoms with Crippen molar-refractivity contribution in [2.24, 2.45) is 11.3 Å². The molecule has 0 amide bonds. The van der Waals surface area contributed by atoms with Crippen molar-refractivity contribution in [1.82, 2.24) is 5.32 Å². The third-order valence-electron chi connectivity index (χ3n) is 3.89. The number of hydrogen-bond acceptors (Lipinski definition) is 2. The first kappa shape index (κ1) is 14.2. The van der Waals surface area contributed by atoms with Gasteiger partial charge < -0.3 is 10.1 Å². The molecule has 1 heterocycles. The molecule has 106 valence electrons. The van der Waals surface area contributed by atoms with E-state index in [-0.39, 0.29) is 11.2 Å². The van der Waals surface area contributed by atoms with Crippen LogP contribution in [0, 0.1) is 11.3 Å². The molecule has 19 heavy (non-hydrogen) atoms. The van der Waals surface area contributed by atoms with Gasteiger partial charge in [0.15, 0.2) is 0 Å². The third kappa shape index (κ3) is 3.41. The van der Waals surface area contributed by atoms with Crippen LogP contribution in [0.15, 0.2) is 24.3 Å². The third-order valence-corrected chi connectivity index (χ3v) is 3.89. The summed E-state index contributed by atoms with van der Waals surface area (Å²) in [5.74, 6) is 0.376. The van der Waals surface area contributed by atoms with Crippen LogP contribution < -0.4 is 10.1 Å². The van der Waals surface area contributed by atoms with Gasteiger partial charge in [-0.2, -0.15) is 0 Å². The Morgan fingerprint density at radius 3 is 2.16 bits per heavy atom. The molecule has 1 aliphatic rings. The highest BCUT2D eigenvalue weighted by molar-refractivity contribution is 5.28. The Morgan fingerprint density at radius 2 is 1.79 bits per heavy atom. The quantitative estimate of drug-likeness (QED) is 0.908. The average molecular weight is 273 g/mol. The Kier molecular flexibility index (Phi) is 3.76. The monoisotopic (exact) mass is 273 g/mol. The van der Waals surface area contributed by atoms with Crippen LogP contribution >= 0.6 is 0 Å². The van der Waals surface area contributed by atoms with Gasteiger partial charge in [-0.3, -0.25) is 0 Å². The number of nitrogens with one attached hydrogen (secondary N) is 1. The minimum atomic E-state index is -4.63. The number of halogens is 3. The molecule has 1 fully saturated rings. The molecule has 0 bridgehead atoms. The van der Waals surface area contributed by atoms with Gasteiger partial charge in [-0.05, 0) is 30.0 Å². The zero-order chi connectivity index (χ0) is 14.1. The van der Waals surface area contributed by atoms with Crippen molar-refractivity contribution in [3.8, 4) is 5.75 Å². The summed E-state index contributed by atoms with van der Waals surface area (Å²) < 4.78 is 40.0. The molecule has 0 unspecified atom stereocenters. The van der Waals surface area contributed by atoms with E-state index in [2.05, 4.69) is 23.9 Å². The van der Waals surface area contributed by atoms with E-state index in [9.17, 15) is 13.2 Å². The largest absolute Gasteiger partial charge is 0.573 e. The summed E-state index contributed by atoms with van der Waals surface area (Å²) in [5, 5.41) is 3.27. The summed E-state index contributed by atoms with van der Waals surface area (Å²) >= 11 is 0. The van der Waals surface area contributed by atoms with Crippen molar-refractivity contribution >= 4 is 0 Å². The molecular weight excluding hydrogens is 255 g/mol. The van der Waals surface area contributed by atoms with Gasteiger partial charge in [0.1, 0.15) is 5.75 Å². The van der Waals surface area contributed by atoms with Crippen LogP contribution in [0.5, 0.6) is 5.75 Å². The summed E-state index contributed by atoms with van der Waals surface area (Å²) in [6.07, 6.45) is -3.75. The molecule has 1 aromatic carbocycles. The Morgan fingerprint density at radius 1 is 1.21 bits per heavy atom. The second kappa shape index (κ2) is 5.04. The first-order chi connectivity index (χ1) is 8.81. The Labute approximate surface area is 111 Å². The fourth-order valence-corrected chi connectivity index (χ4v) is 2.40. The molecule has 0 atom stereocenters. The van der Waals surface area contributed by atoms with Crippen LogP contribution in [0.3, 0.4) is 0 Å². The van der Waals surface area contributed by atoms with Gasteiger partial charge in [-0.1, -0.05) is 26.0 Å². The summed E-state index contributed by atoms with van der Waals surface area (Å²) in [4.78, 5) is 0. The zero-order valence-electron chi connectivity index (χ0n) is 11.1. The summed E-state index contributed by atoms with van der Waals surface area (Å²) in [5.41, 5.74) is 1.27. The second-order valence-corrected chi connectivity index (χ2v) is 5.49. The average Bonchev–Trinajstić information content (AvgIpc) is 2.23. The molecule has 0 aromatic heterocycles. The lowest BCUT2D eigenvalue weighted by Gasteiger charge is -2.46.